The first-order valence-corrected chi connectivity index (χ1v) is 3.38. The van der Waals surface area contributed by atoms with Crippen LogP contribution in [0.2, 0.25) is 0 Å². The largest absolute Gasteiger partial charge is 1.00 e. The van der Waals surface area contributed by atoms with E-state index in [9.17, 15) is 0 Å². The summed E-state index contributed by atoms with van der Waals surface area (Å²) < 4.78 is 0. The summed E-state index contributed by atoms with van der Waals surface area (Å²) in [6.45, 7) is 7.32. The molecule has 0 amide bonds. The van der Waals surface area contributed by atoms with Crippen LogP contribution in [0.1, 0.15) is 33.6 Å². The molecule has 0 aromatic rings. The fourth-order valence-electron chi connectivity index (χ4n) is 0. The number of hydrogen-bond donors (Lipinski definition) is 0. The maximum absolute atomic E-state index is 3.74. The Hall–Kier alpha value is 1.60. The molecule has 0 atom stereocenters. The average Bonchev–Trinajstić information content (AvgIpc) is 1.88. The second-order valence-corrected chi connectivity index (χ2v) is 1.63. The van der Waals surface area contributed by atoms with E-state index in [0.717, 1.165) is 6.54 Å². The van der Waals surface area contributed by atoms with Crippen LogP contribution in [0.25, 0.3) is 5.32 Å². The minimum absolute atomic E-state index is 0. The molecule has 0 saturated carbocycles. The molecule has 0 N–H and O–H groups in total. The van der Waals surface area contributed by atoms with Crippen LogP contribution in [-0.2, 0) is 0 Å². The summed E-state index contributed by atoms with van der Waals surface area (Å²) in [6, 6.07) is 0. The molecule has 0 rings (SSSR count). The zero-order valence-electron chi connectivity index (χ0n) is 7.57. The van der Waals surface area contributed by atoms with Gasteiger partial charge < -0.3 is 5.32 Å². The molecular formula is C7H18KN. The van der Waals surface area contributed by atoms with Crippen LogP contribution < -0.4 is 51.4 Å². The second kappa shape index (κ2) is 22.6. The quantitative estimate of drug-likeness (QED) is 0.491. The minimum Gasteiger partial charge on any atom is -0.665 e. The van der Waals surface area contributed by atoms with Crippen molar-refractivity contribution >= 4 is 0 Å². The molecule has 52 valence electrons. The summed E-state index contributed by atoms with van der Waals surface area (Å²) in [7, 11) is 1.81. The molecule has 1 nitrogen and oxygen atoms in total. The van der Waals surface area contributed by atoms with E-state index in [4.69, 9.17) is 0 Å². The van der Waals surface area contributed by atoms with Crippen LogP contribution in [0.3, 0.4) is 0 Å². The van der Waals surface area contributed by atoms with Gasteiger partial charge >= 0.3 is 51.4 Å². The van der Waals surface area contributed by atoms with Crippen molar-refractivity contribution in [1.82, 2.24) is 0 Å². The number of nitrogens with zero attached hydrogens (tertiary/aromatic N) is 1. The zero-order valence-corrected chi connectivity index (χ0v) is 10.7. The van der Waals surface area contributed by atoms with Gasteiger partial charge in [0.2, 0.25) is 0 Å². The Bertz CT molecular complexity index is 16.9. The average molecular weight is 155 g/mol. The number of rotatable bonds is 2. The first kappa shape index (κ1) is 16.9. The molecule has 0 fully saturated rings. The summed E-state index contributed by atoms with van der Waals surface area (Å²) in [5.74, 6) is 0. The van der Waals surface area contributed by atoms with Crippen LogP contribution in [0, 0.1) is 0 Å². The van der Waals surface area contributed by atoms with Gasteiger partial charge in [0.25, 0.3) is 0 Å². The maximum atomic E-state index is 3.74. The van der Waals surface area contributed by atoms with Gasteiger partial charge in [-0.2, -0.15) is 13.6 Å². The van der Waals surface area contributed by atoms with E-state index in [2.05, 4.69) is 19.2 Å². The molecular weight excluding hydrogens is 137 g/mol. The van der Waals surface area contributed by atoms with Crippen LogP contribution in [0.4, 0.5) is 0 Å². The number of hydrogen-bond acceptors (Lipinski definition) is 0. The van der Waals surface area contributed by atoms with E-state index in [-0.39, 0.29) is 51.4 Å². The van der Waals surface area contributed by atoms with E-state index in [1.165, 1.54) is 12.8 Å². The molecule has 0 unspecified atom stereocenters. The Morgan fingerprint density at radius 3 is 1.22 bits per heavy atom. The molecule has 0 aromatic heterocycles. The van der Waals surface area contributed by atoms with E-state index in [0.29, 0.717) is 0 Å². The predicted octanol–water partition coefficient (Wildman–Crippen LogP) is -0.180. The molecule has 0 aliphatic heterocycles. The Morgan fingerprint density at radius 1 is 1.00 bits per heavy atom. The minimum atomic E-state index is 0. The van der Waals surface area contributed by atoms with Gasteiger partial charge in [0.15, 0.2) is 0 Å². The van der Waals surface area contributed by atoms with Crippen molar-refractivity contribution in [2.45, 2.75) is 33.6 Å². The van der Waals surface area contributed by atoms with Crippen molar-refractivity contribution in [2.75, 3.05) is 13.6 Å². The van der Waals surface area contributed by atoms with Crippen molar-refractivity contribution in [3.8, 4) is 0 Å². The van der Waals surface area contributed by atoms with E-state index in [1.807, 2.05) is 6.92 Å². The zero-order chi connectivity index (χ0) is 6.83. The normalized spacial score (nSPS) is 6.67. The van der Waals surface area contributed by atoms with Crippen molar-refractivity contribution in [3.05, 3.63) is 5.32 Å². The summed E-state index contributed by atoms with van der Waals surface area (Å²) in [5, 5.41) is 3.74. The van der Waals surface area contributed by atoms with Gasteiger partial charge in [-0.3, -0.25) is 0 Å². The first-order chi connectivity index (χ1) is 3.83. The first-order valence-electron chi connectivity index (χ1n) is 3.38. The van der Waals surface area contributed by atoms with Crippen LogP contribution in [-0.4, -0.2) is 13.6 Å². The van der Waals surface area contributed by atoms with Gasteiger partial charge in [-0.1, -0.05) is 33.6 Å². The van der Waals surface area contributed by atoms with Crippen molar-refractivity contribution in [1.29, 1.82) is 0 Å². The van der Waals surface area contributed by atoms with Crippen molar-refractivity contribution in [3.63, 3.8) is 0 Å². The Morgan fingerprint density at radius 2 is 1.22 bits per heavy atom. The Labute approximate surface area is 102 Å². The number of unbranched alkanes of at least 4 members (excludes halogenated alkanes) is 1. The van der Waals surface area contributed by atoms with E-state index in [1.54, 1.807) is 7.05 Å². The van der Waals surface area contributed by atoms with Gasteiger partial charge in [0.05, 0.1) is 0 Å². The SMILES string of the molecule is CCCC.CC[N-]C.[K+]. The molecule has 0 radical (unpaired) electrons. The molecule has 0 heterocycles. The topological polar surface area (TPSA) is 14.1 Å². The van der Waals surface area contributed by atoms with Crippen LogP contribution >= 0.6 is 0 Å². The standard InChI is InChI=1S/C4H10.C3H8N.K/c2*1-3-4-2;/h3-4H2,1-2H3;3H2,1-2H3;/q;-1;+1. The van der Waals surface area contributed by atoms with Gasteiger partial charge in [-0.05, 0) is 0 Å². The van der Waals surface area contributed by atoms with Crippen molar-refractivity contribution < 1.29 is 51.4 Å². The van der Waals surface area contributed by atoms with Crippen LogP contribution in [0.5, 0.6) is 0 Å². The molecule has 0 bridgehead atoms. The van der Waals surface area contributed by atoms with Gasteiger partial charge in [0, 0.05) is 0 Å². The maximum Gasteiger partial charge on any atom is 1.00 e. The summed E-state index contributed by atoms with van der Waals surface area (Å²) in [6.07, 6.45) is 2.64. The molecule has 2 heteroatoms. The summed E-state index contributed by atoms with van der Waals surface area (Å²) in [5.41, 5.74) is 0. The van der Waals surface area contributed by atoms with E-state index >= 15 is 0 Å². The van der Waals surface area contributed by atoms with Gasteiger partial charge in [-0.25, -0.2) is 0 Å². The third kappa shape index (κ3) is 42.8. The fourth-order valence-corrected chi connectivity index (χ4v) is 0. The van der Waals surface area contributed by atoms with Crippen molar-refractivity contribution in [2.24, 2.45) is 0 Å². The van der Waals surface area contributed by atoms with Crippen LogP contribution in [0.15, 0.2) is 0 Å². The molecule has 0 aliphatic carbocycles. The predicted molar refractivity (Wildman–Crippen MR) is 40.4 cm³/mol. The molecule has 0 aliphatic rings. The molecule has 0 spiro atoms. The second-order valence-electron chi connectivity index (χ2n) is 1.63. The van der Waals surface area contributed by atoms with Gasteiger partial charge in [-0.15, -0.1) is 0 Å². The fraction of sp³-hybridized carbons (Fsp3) is 1.00. The van der Waals surface area contributed by atoms with E-state index < -0.39 is 0 Å². The molecule has 9 heavy (non-hydrogen) atoms. The smallest absolute Gasteiger partial charge is 0.665 e. The molecule has 0 saturated heterocycles. The summed E-state index contributed by atoms with van der Waals surface area (Å²) in [4.78, 5) is 0. The van der Waals surface area contributed by atoms with Gasteiger partial charge in [0.1, 0.15) is 0 Å². The third-order valence-corrected chi connectivity index (χ3v) is 0.816. The Balaban J connectivity index is -0.0000000720. The summed E-state index contributed by atoms with van der Waals surface area (Å²) >= 11 is 0. The molecule has 0 aromatic carbocycles. The third-order valence-electron chi connectivity index (χ3n) is 0.816. The monoisotopic (exact) mass is 155 g/mol. The Kier molecular flexibility index (Phi) is 42.5.